The third kappa shape index (κ3) is 0.812. The molecule has 2 aliphatic rings. The van der Waals surface area contributed by atoms with Crippen LogP contribution in [0.25, 0.3) is 0 Å². The van der Waals surface area contributed by atoms with Gasteiger partial charge >= 0.3 is 5.97 Å². The van der Waals surface area contributed by atoms with Crippen molar-refractivity contribution in [2.24, 2.45) is 16.7 Å². The van der Waals surface area contributed by atoms with E-state index in [-0.39, 0.29) is 5.41 Å². The Labute approximate surface area is 78.6 Å². The number of rotatable bonds is 1. The van der Waals surface area contributed by atoms with Crippen molar-refractivity contribution in [3.63, 3.8) is 0 Å². The number of hydrogen-bond donors (Lipinski definition) is 1. The van der Waals surface area contributed by atoms with Crippen LogP contribution in [0.15, 0.2) is 12.2 Å². The van der Waals surface area contributed by atoms with Crippen LogP contribution in [-0.4, -0.2) is 11.1 Å². The second kappa shape index (κ2) is 2.17. The molecule has 2 fully saturated rings. The van der Waals surface area contributed by atoms with E-state index < -0.39 is 11.4 Å². The Hall–Kier alpha value is -0.790. The van der Waals surface area contributed by atoms with E-state index in [9.17, 15) is 9.90 Å². The maximum atomic E-state index is 11.2. The SMILES string of the molecule is C=C1C(C)(C)[C@H]2CC[C@]1(C(=O)O)C2. The van der Waals surface area contributed by atoms with E-state index in [4.69, 9.17) is 0 Å². The van der Waals surface area contributed by atoms with Crippen LogP contribution in [0.4, 0.5) is 0 Å². The van der Waals surface area contributed by atoms with Gasteiger partial charge in [0.2, 0.25) is 0 Å². The van der Waals surface area contributed by atoms with Gasteiger partial charge in [-0.15, -0.1) is 0 Å². The molecular weight excluding hydrogens is 164 g/mol. The molecule has 0 saturated heterocycles. The van der Waals surface area contributed by atoms with Crippen molar-refractivity contribution in [1.82, 2.24) is 0 Å². The maximum absolute atomic E-state index is 11.2. The number of hydrogen-bond acceptors (Lipinski definition) is 1. The monoisotopic (exact) mass is 180 g/mol. The molecule has 0 amide bonds. The standard InChI is InChI=1S/C11H16O2/c1-7-10(2,3)8-4-5-11(7,6-8)9(12)13/h8H,1,4-6H2,2-3H3,(H,12,13)/t8-,11-/m0/s1. The van der Waals surface area contributed by atoms with E-state index in [1.54, 1.807) is 0 Å². The van der Waals surface area contributed by atoms with Gasteiger partial charge in [0.1, 0.15) is 0 Å². The second-order valence-corrected chi connectivity index (χ2v) is 5.03. The highest BCUT2D eigenvalue weighted by Crippen LogP contribution is 2.65. The molecular formula is C11H16O2. The topological polar surface area (TPSA) is 37.3 Å². The molecule has 2 bridgehead atoms. The molecule has 13 heavy (non-hydrogen) atoms. The maximum Gasteiger partial charge on any atom is 0.313 e. The molecule has 0 aromatic heterocycles. The molecule has 1 N–H and O–H groups in total. The van der Waals surface area contributed by atoms with E-state index in [1.807, 2.05) is 0 Å². The van der Waals surface area contributed by atoms with Crippen molar-refractivity contribution in [1.29, 1.82) is 0 Å². The zero-order valence-corrected chi connectivity index (χ0v) is 8.26. The van der Waals surface area contributed by atoms with Crippen molar-refractivity contribution in [3.05, 3.63) is 12.2 Å². The molecule has 0 heterocycles. The van der Waals surface area contributed by atoms with Crippen LogP contribution in [-0.2, 0) is 4.79 Å². The van der Waals surface area contributed by atoms with Crippen LogP contribution in [0.2, 0.25) is 0 Å². The molecule has 0 spiro atoms. The molecule has 2 aliphatic carbocycles. The molecule has 0 radical (unpaired) electrons. The first-order valence-electron chi connectivity index (χ1n) is 4.84. The van der Waals surface area contributed by atoms with Crippen LogP contribution in [0.5, 0.6) is 0 Å². The highest BCUT2D eigenvalue weighted by molar-refractivity contribution is 5.80. The van der Waals surface area contributed by atoms with Gasteiger partial charge in [-0.3, -0.25) is 4.79 Å². The summed E-state index contributed by atoms with van der Waals surface area (Å²) in [6.45, 7) is 8.26. The van der Waals surface area contributed by atoms with Gasteiger partial charge in [-0.1, -0.05) is 26.0 Å². The summed E-state index contributed by atoms with van der Waals surface area (Å²) >= 11 is 0. The van der Waals surface area contributed by atoms with Gasteiger partial charge in [-0.2, -0.15) is 0 Å². The largest absolute Gasteiger partial charge is 0.481 e. The lowest BCUT2D eigenvalue weighted by Crippen LogP contribution is -2.33. The highest BCUT2D eigenvalue weighted by Gasteiger charge is 2.61. The minimum atomic E-state index is -0.662. The van der Waals surface area contributed by atoms with E-state index in [0.29, 0.717) is 5.92 Å². The number of carboxylic acid groups (broad SMARTS) is 1. The normalized spacial score (nSPS) is 41.1. The second-order valence-electron chi connectivity index (χ2n) is 5.03. The highest BCUT2D eigenvalue weighted by atomic mass is 16.4. The molecule has 0 aromatic rings. The van der Waals surface area contributed by atoms with E-state index in [0.717, 1.165) is 24.8 Å². The summed E-state index contributed by atoms with van der Waals surface area (Å²) < 4.78 is 0. The first-order valence-corrected chi connectivity index (χ1v) is 4.84. The molecule has 2 rings (SSSR count). The van der Waals surface area contributed by atoms with Gasteiger partial charge < -0.3 is 5.11 Å². The number of carbonyl (C=O) groups is 1. The lowest BCUT2D eigenvalue weighted by atomic mass is 9.68. The third-order valence-electron chi connectivity index (χ3n) is 4.30. The fourth-order valence-corrected chi connectivity index (χ4v) is 3.12. The predicted octanol–water partition coefficient (Wildman–Crippen LogP) is 2.45. The molecule has 0 aliphatic heterocycles. The molecule has 2 nitrogen and oxygen atoms in total. The average Bonchev–Trinajstić information content (AvgIpc) is 2.53. The van der Waals surface area contributed by atoms with E-state index in [1.165, 1.54) is 0 Å². The van der Waals surface area contributed by atoms with Crippen LogP contribution < -0.4 is 0 Å². The summed E-state index contributed by atoms with van der Waals surface area (Å²) in [4.78, 5) is 11.2. The fourth-order valence-electron chi connectivity index (χ4n) is 3.12. The minimum absolute atomic E-state index is 0.0383. The van der Waals surface area contributed by atoms with E-state index >= 15 is 0 Å². The van der Waals surface area contributed by atoms with Gasteiger partial charge in [0.05, 0.1) is 5.41 Å². The minimum Gasteiger partial charge on any atom is -0.481 e. The van der Waals surface area contributed by atoms with Gasteiger partial charge in [0, 0.05) is 0 Å². The molecule has 2 heteroatoms. The molecule has 2 saturated carbocycles. The Morgan fingerprint density at radius 2 is 2.23 bits per heavy atom. The summed E-state index contributed by atoms with van der Waals surface area (Å²) in [5.41, 5.74) is 0.411. The number of carboxylic acids is 1. The van der Waals surface area contributed by atoms with Gasteiger partial charge in [0.25, 0.3) is 0 Å². The Bertz CT molecular complexity index is 290. The predicted molar refractivity (Wildman–Crippen MR) is 50.3 cm³/mol. The third-order valence-corrected chi connectivity index (χ3v) is 4.30. The van der Waals surface area contributed by atoms with Crippen molar-refractivity contribution in [2.45, 2.75) is 33.1 Å². The Morgan fingerprint density at radius 1 is 1.62 bits per heavy atom. The first-order chi connectivity index (χ1) is 5.91. The Kier molecular flexibility index (Phi) is 1.47. The molecule has 72 valence electrons. The quantitative estimate of drug-likeness (QED) is 0.629. The van der Waals surface area contributed by atoms with Crippen molar-refractivity contribution in [3.8, 4) is 0 Å². The zero-order chi connectivity index (χ0) is 9.85. The smallest absolute Gasteiger partial charge is 0.313 e. The summed E-state index contributed by atoms with van der Waals surface area (Å²) in [6.07, 6.45) is 2.67. The van der Waals surface area contributed by atoms with Crippen molar-refractivity contribution >= 4 is 5.97 Å². The first kappa shape index (κ1) is 8.79. The van der Waals surface area contributed by atoms with Crippen LogP contribution in [0.3, 0.4) is 0 Å². The van der Waals surface area contributed by atoms with Crippen molar-refractivity contribution in [2.75, 3.05) is 0 Å². The molecule has 2 atom stereocenters. The number of fused-ring (bicyclic) bond motifs is 2. The van der Waals surface area contributed by atoms with Crippen LogP contribution in [0.1, 0.15) is 33.1 Å². The van der Waals surface area contributed by atoms with Crippen molar-refractivity contribution < 1.29 is 9.90 Å². The van der Waals surface area contributed by atoms with Gasteiger partial charge in [0.15, 0.2) is 0 Å². The lowest BCUT2D eigenvalue weighted by molar-refractivity contribution is -0.146. The zero-order valence-electron chi connectivity index (χ0n) is 8.26. The van der Waals surface area contributed by atoms with Gasteiger partial charge in [-0.05, 0) is 30.6 Å². The summed E-state index contributed by atoms with van der Waals surface area (Å²) in [7, 11) is 0. The Balaban J connectivity index is 2.46. The Morgan fingerprint density at radius 3 is 2.54 bits per heavy atom. The van der Waals surface area contributed by atoms with Gasteiger partial charge in [-0.25, -0.2) is 0 Å². The molecule has 0 unspecified atom stereocenters. The average molecular weight is 180 g/mol. The summed E-state index contributed by atoms with van der Waals surface area (Å²) in [5, 5.41) is 9.23. The molecule has 0 aromatic carbocycles. The van der Waals surface area contributed by atoms with Crippen LogP contribution in [0, 0.1) is 16.7 Å². The summed E-state index contributed by atoms with van der Waals surface area (Å²) in [5.74, 6) is -0.123. The lowest BCUT2D eigenvalue weighted by Gasteiger charge is -2.35. The van der Waals surface area contributed by atoms with Crippen LogP contribution >= 0.6 is 0 Å². The summed E-state index contributed by atoms with van der Waals surface area (Å²) in [6, 6.07) is 0. The number of aliphatic carboxylic acids is 1. The fraction of sp³-hybridized carbons (Fsp3) is 0.727. The van der Waals surface area contributed by atoms with E-state index in [2.05, 4.69) is 20.4 Å².